The number of unbranched alkanes of at least 4 members (excludes halogenated alkanes) is 1. The average Bonchev–Trinajstić information content (AvgIpc) is 2.03. The van der Waals surface area contributed by atoms with Gasteiger partial charge in [-0.15, -0.1) is 0 Å². The van der Waals surface area contributed by atoms with E-state index in [4.69, 9.17) is 0 Å². The Hall–Kier alpha value is -1.12. The van der Waals surface area contributed by atoms with Crippen LogP contribution in [0.1, 0.15) is 19.8 Å². The fourth-order valence-corrected chi connectivity index (χ4v) is 0.576. The zero-order valence-electron chi connectivity index (χ0n) is 7.01. The van der Waals surface area contributed by atoms with Gasteiger partial charge in [0.05, 0.1) is 0 Å². The van der Waals surface area contributed by atoms with E-state index >= 15 is 0 Å². The smallest absolute Gasteiger partial charge is 0.221 e. The lowest BCUT2D eigenvalue weighted by molar-refractivity contribution is 0.804. The van der Waals surface area contributed by atoms with E-state index in [9.17, 15) is 0 Å². The zero-order valence-corrected chi connectivity index (χ0v) is 7.01. The monoisotopic (exact) mass is 153 g/mol. The highest BCUT2D eigenvalue weighted by molar-refractivity contribution is 5.84. The maximum Gasteiger partial charge on any atom is 0.221 e. The quantitative estimate of drug-likeness (QED) is 0.371. The van der Waals surface area contributed by atoms with Gasteiger partial charge >= 0.3 is 0 Å². The Kier molecular flexibility index (Phi) is 6.28. The molecule has 3 nitrogen and oxygen atoms in total. The van der Waals surface area contributed by atoms with Crippen molar-refractivity contribution in [2.24, 2.45) is 9.98 Å². The standard InChI is InChI=1S/C8H15N3/c1-4-6-7-11-8(9-3)10-5-2/h5H,2-4,6-7H2,1H3,(H,10,11). The van der Waals surface area contributed by atoms with Crippen molar-refractivity contribution < 1.29 is 0 Å². The number of hydrogen-bond donors (Lipinski definition) is 1. The first-order valence-electron chi connectivity index (χ1n) is 3.73. The van der Waals surface area contributed by atoms with Crippen LogP contribution in [0.25, 0.3) is 0 Å². The third-order valence-corrected chi connectivity index (χ3v) is 1.15. The van der Waals surface area contributed by atoms with Crippen LogP contribution in [0.3, 0.4) is 0 Å². The van der Waals surface area contributed by atoms with Crippen molar-refractivity contribution in [1.29, 1.82) is 0 Å². The highest BCUT2D eigenvalue weighted by Gasteiger charge is 1.87. The first-order chi connectivity index (χ1) is 5.35. The Morgan fingerprint density at radius 2 is 2.36 bits per heavy atom. The fraction of sp³-hybridized carbons (Fsp3) is 0.500. The van der Waals surface area contributed by atoms with E-state index in [1.54, 1.807) is 6.20 Å². The molecule has 0 aromatic rings. The minimum absolute atomic E-state index is 0.549. The lowest BCUT2D eigenvalue weighted by Crippen LogP contribution is -2.14. The Balaban J connectivity index is 3.70. The molecule has 1 N–H and O–H groups in total. The van der Waals surface area contributed by atoms with Gasteiger partial charge in [0.2, 0.25) is 5.96 Å². The van der Waals surface area contributed by atoms with Crippen molar-refractivity contribution in [1.82, 2.24) is 5.32 Å². The lowest BCUT2D eigenvalue weighted by atomic mass is 10.3. The van der Waals surface area contributed by atoms with E-state index in [2.05, 4.69) is 35.5 Å². The predicted octanol–water partition coefficient (Wildman–Crippen LogP) is 1.58. The summed E-state index contributed by atoms with van der Waals surface area (Å²) in [6, 6.07) is 0. The van der Waals surface area contributed by atoms with Crippen molar-refractivity contribution >= 4 is 12.7 Å². The van der Waals surface area contributed by atoms with Gasteiger partial charge in [0.1, 0.15) is 0 Å². The number of rotatable bonds is 4. The van der Waals surface area contributed by atoms with E-state index in [0.717, 1.165) is 19.4 Å². The molecule has 0 radical (unpaired) electrons. The molecule has 0 saturated carbocycles. The molecular weight excluding hydrogens is 138 g/mol. The summed E-state index contributed by atoms with van der Waals surface area (Å²) in [6.07, 6.45) is 3.76. The molecule has 11 heavy (non-hydrogen) atoms. The zero-order chi connectivity index (χ0) is 8.53. The summed E-state index contributed by atoms with van der Waals surface area (Å²) in [4.78, 5) is 7.79. The molecule has 0 saturated heterocycles. The topological polar surface area (TPSA) is 36.8 Å². The number of aliphatic imine (C=N–C) groups is 2. The van der Waals surface area contributed by atoms with Crippen LogP contribution in [0.2, 0.25) is 0 Å². The number of hydrogen-bond acceptors (Lipinski definition) is 1. The Labute approximate surface area is 67.9 Å². The van der Waals surface area contributed by atoms with Gasteiger partial charge in [0.15, 0.2) is 0 Å². The van der Waals surface area contributed by atoms with Crippen molar-refractivity contribution in [2.45, 2.75) is 19.8 Å². The average molecular weight is 153 g/mol. The van der Waals surface area contributed by atoms with Gasteiger partial charge in [-0.1, -0.05) is 19.9 Å². The Morgan fingerprint density at radius 1 is 1.64 bits per heavy atom. The number of guanidine groups is 1. The van der Waals surface area contributed by atoms with Crippen LogP contribution in [0.15, 0.2) is 22.8 Å². The van der Waals surface area contributed by atoms with Gasteiger partial charge in [0, 0.05) is 6.54 Å². The normalized spacial score (nSPS) is 10.8. The van der Waals surface area contributed by atoms with Gasteiger partial charge in [-0.2, -0.15) is 0 Å². The van der Waals surface area contributed by atoms with Crippen LogP contribution >= 0.6 is 0 Å². The maximum atomic E-state index is 4.13. The summed E-state index contributed by atoms with van der Waals surface area (Å²) in [5.74, 6) is 0.549. The van der Waals surface area contributed by atoms with Crippen molar-refractivity contribution in [3.63, 3.8) is 0 Å². The van der Waals surface area contributed by atoms with Crippen LogP contribution in [-0.2, 0) is 0 Å². The molecule has 62 valence electrons. The van der Waals surface area contributed by atoms with Gasteiger partial charge in [-0.3, -0.25) is 4.99 Å². The highest BCUT2D eigenvalue weighted by atomic mass is 15.1. The van der Waals surface area contributed by atoms with E-state index in [1.165, 1.54) is 0 Å². The molecule has 0 fully saturated rings. The van der Waals surface area contributed by atoms with Gasteiger partial charge in [-0.25, -0.2) is 4.99 Å². The molecule has 0 aromatic carbocycles. The molecular formula is C8H15N3. The summed E-state index contributed by atoms with van der Waals surface area (Å²) in [5.41, 5.74) is 0. The van der Waals surface area contributed by atoms with E-state index in [-0.39, 0.29) is 0 Å². The largest absolute Gasteiger partial charge is 0.332 e. The maximum absolute atomic E-state index is 4.13. The second-order valence-corrected chi connectivity index (χ2v) is 2.07. The summed E-state index contributed by atoms with van der Waals surface area (Å²) < 4.78 is 0. The van der Waals surface area contributed by atoms with E-state index in [1.807, 2.05) is 0 Å². The third-order valence-electron chi connectivity index (χ3n) is 1.15. The highest BCUT2D eigenvalue weighted by Crippen LogP contribution is 1.87. The van der Waals surface area contributed by atoms with Gasteiger partial charge in [-0.05, 0) is 19.3 Å². The van der Waals surface area contributed by atoms with Crippen LogP contribution in [0.4, 0.5) is 0 Å². The minimum atomic E-state index is 0.549. The Morgan fingerprint density at radius 3 is 2.82 bits per heavy atom. The summed E-state index contributed by atoms with van der Waals surface area (Å²) in [5, 5.41) is 2.78. The first kappa shape index (κ1) is 9.88. The molecule has 0 spiro atoms. The predicted molar refractivity (Wildman–Crippen MR) is 50.1 cm³/mol. The number of nitrogens with one attached hydrogen (secondary N) is 1. The molecule has 0 rings (SSSR count). The van der Waals surface area contributed by atoms with Crippen LogP contribution in [-0.4, -0.2) is 19.2 Å². The molecule has 0 heterocycles. The van der Waals surface area contributed by atoms with E-state index in [0.29, 0.717) is 5.96 Å². The minimum Gasteiger partial charge on any atom is -0.332 e. The summed E-state index contributed by atoms with van der Waals surface area (Å²) in [7, 11) is 0. The fourth-order valence-electron chi connectivity index (χ4n) is 0.576. The van der Waals surface area contributed by atoms with Crippen molar-refractivity contribution in [2.75, 3.05) is 6.54 Å². The van der Waals surface area contributed by atoms with Gasteiger partial charge < -0.3 is 5.32 Å². The second kappa shape index (κ2) is 6.99. The summed E-state index contributed by atoms with van der Waals surface area (Å²) >= 11 is 0. The molecule has 0 bridgehead atoms. The molecule has 0 aliphatic carbocycles. The van der Waals surface area contributed by atoms with Crippen molar-refractivity contribution in [3.8, 4) is 0 Å². The van der Waals surface area contributed by atoms with Crippen LogP contribution in [0.5, 0.6) is 0 Å². The first-order valence-corrected chi connectivity index (χ1v) is 3.73. The van der Waals surface area contributed by atoms with E-state index < -0.39 is 0 Å². The molecule has 0 aliphatic heterocycles. The lowest BCUT2D eigenvalue weighted by Gasteiger charge is -1.97. The SMILES string of the molecule is C=CNC(N=C)=NCCCC. The van der Waals surface area contributed by atoms with Crippen LogP contribution < -0.4 is 5.32 Å². The molecule has 0 aromatic heterocycles. The molecule has 0 atom stereocenters. The van der Waals surface area contributed by atoms with Gasteiger partial charge in [0.25, 0.3) is 0 Å². The third kappa shape index (κ3) is 5.33. The molecule has 3 heteroatoms. The molecule has 0 amide bonds. The number of nitrogens with zero attached hydrogens (tertiary/aromatic N) is 2. The summed E-state index contributed by atoms with van der Waals surface area (Å²) in [6.45, 7) is 9.78. The second-order valence-electron chi connectivity index (χ2n) is 2.07. The van der Waals surface area contributed by atoms with Crippen LogP contribution in [0, 0.1) is 0 Å². The Bertz CT molecular complexity index is 149. The molecule has 0 unspecified atom stereocenters. The molecule has 0 aliphatic rings. The van der Waals surface area contributed by atoms with Crippen molar-refractivity contribution in [3.05, 3.63) is 12.8 Å².